The number of benzene rings is 1. The summed E-state index contributed by atoms with van der Waals surface area (Å²) in [6, 6.07) is 8.40. The molecule has 1 atom stereocenters. The molecule has 6 heteroatoms. The Morgan fingerprint density at radius 1 is 1.32 bits per heavy atom. The molecule has 2 amide bonds. The molecule has 1 aromatic rings. The van der Waals surface area contributed by atoms with Gasteiger partial charge in [0.05, 0.1) is 12.6 Å². The maximum absolute atomic E-state index is 11.9. The zero-order chi connectivity index (χ0) is 18.2. The number of rotatable bonds is 7. The third-order valence-corrected chi connectivity index (χ3v) is 4.91. The Balaban J connectivity index is 1.63. The summed E-state index contributed by atoms with van der Waals surface area (Å²) in [7, 11) is 1.71. The van der Waals surface area contributed by atoms with E-state index < -0.39 is 0 Å². The van der Waals surface area contributed by atoms with Gasteiger partial charge in [0.2, 0.25) is 0 Å². The van der Waals surface area contributed by atoms with Crippen LogP contribution in [0.1, 0.15) is 18.9 Å². The molecule has 1 aliphatic rings. The highest BCUT2D eigenvalue weighted by atomic mass is 16.3. The van der Waals surface area contributed by atoms with Gasteiger partial charge in [-0.25, -0.2) is 4.79 Å². The zero-order valence-electron chi connectivity index (χ0n) is 15.7. The number of hydrogen-bond donors (Lipinski definition) is 2. The van der Waals surface area contributed by atoms with Gasteiger partial charge in [0.25, 0.3) is 0 Å². The Morgan fingerprint density at radius 3 is 2.68 bits per heavy atom. The monoisotopic (exact) mass is 348 g/mol. The van der Waals surface area contributed by atoms with Crippen LogP contribution in [0.5, 0.6) is 0 Å². The number of likely N-dealkylation sites (N-methyl/N-ethyl adjacent to an activating group) is 1. The summed E-state index contributed by atoms with van der Waals surface area (Å²) in [6.45, 7) is 9.82. The summed E-state index contributed by atoms with van der Waals surface area (Å²) in [6.07, 6.45) is 0.942. The summed E-state index contributed by atoms with van der Waals surface area (Å²) in [5.74, 6) is 0. The van der Waals surface area contributed by atoms with Crippen molar-refractivity contribution >= 4 is 11.7 Å². The van der Waals surface area contributed by atoms with Crippen LogP contribution in [0, 0.1) is 6.92 Å². The number of aryl methyl sites for hydroxylation is 1. The fraction of sp³-hybridized carbons (Fsp3) is 0.632. The van der Waals surface area contributed by atoms with Crippen LogP contribution in [0.25, 0.3) is 0 Å². The first-order valence-corrected chi connectivity index (χ1v) is 9.16. The molecule has 140 valence electrons. The third-order valence-electron chi connectivity index (χ3n) is 4.91. The molecule has 1 unspecified atom stereocenters. The molecule has 2 N–H and O–H groups in total. The van der Waals surface area contributed by atoms with Crippen molar-refractivity contribution in [3.05, 3.63) is 29.8 Å². The lowest BCUT2D eigenvalue weighted by molar-refractivity contribution is 0.157. The van der Waals surface area contributed by atoms with E-state index in [2.05, 4.69) is 46.3 Å². The van der Waals surface area contributed by atoms with Crippen LogP contribution in [0.3, 0.4) is 0 Å². The average molecular weight is 348 g/mol. The van der Waals surface area contributed by atoms with Crippen molar-refractivity contribution in [3.8, 4) is 0 Å². The molecular weight excluding hydrogens is 316 g/mol. The van der Waals surface area contributed by atoms with Crippen LogP contribution in [-0.2, 0) is 0 Å². The van der Waals surface area contributed by atoms with Crippen LogP contribution >= 0.6 is 0 Å². The molecule has 6 nitrogen and oxygen atoms in total. The fourth-order valence-corrected chi connectivity index (χ4v) is 3.00. The van der Waals surface area contributed by atoms with Gasteiger partial charge >= 0.3 is 6.03 Å². The van der Waals surface area contributed by atoms with E-state index in [4.69, 9.17) is 5.11 Å². The number of nitrogens with one attached hydrogen (secondary N) is 1. The van der Waals surface area contributed by atoms with Gasteiger partial charge in [0.1, 0.15) is 0 Å². The van der Waals surface area contributed by atoms with Gasteiger partial charge in [-0.3, -0.25) is 4.90 Å². The number of amides is 2. The quantitative estimate of drug-likeness (QED) is 0.734. The SMILES string of the molecule is Cc1cccc(N2CCN(CCCNC(=O)N(C)C(C)CO)CC2)c1. The normalized spacial score (nSPS) is 16.6. The van der Waals surface area contributed by atoms with E-state index in [0.717, 1.165) is 39.1 Å². The third kappa shape index (κ3) is 5.90. The molecular formula is C19H32N4O2. The lowest BCUT2D eigenvalue weighted by Crippen LogP contribution is -2.47. The lowest BCUT2D eigenvalue weighted by atomic mass is 10.2. The van der Waals surface area contributed by atoms with Crippen LogP contribution < -0.4 is 10.2 Å². The van der Waals surface area contributed by atoms with Crippen LogP contribution in [0.2, 0.25) is 0 Å². The predicted molar refractivity (Wildman–Crippen MR) is 102 cm³/mol. The van der Waals surface area contributed by atoms with Gasteiger partial charge in [0, 0.05) is 45.5 Å². The Kier molecular flexibility index (Phi) is 7.52. The smallest absolute Gasteiger partial charge is 0.317 e. The highest BCUT2D eigenvalue weighted by molar-refractivity contribution is 5.74. The van der Waals surface area contributed by atoms with Crippen molar-refractivity contribution in [1.82, 2.24) is 15.1 Å². The molecule has 0 spiro atoms. The lowest BCUT2D eigenvalue weighted by Gasteiger charge is -2.36. The van der Waals surface area contributed by atoms with Crippen molar-refractivity contribution in [3.63, 3.8) is 0 Å². The number of hydrogen-bond acceptors (Lipinski definition) is 4. The Hall–Kier alpha value is -1.79. The topological polar surface area (TPSA) is 59.0 Å². The molecule has 0 saturated carbocycles. The second kappa shape index (κ2) is 9.63. The van der Waals surface area contributed by atoms with Gasteiger partial charge in [-0.05, 0) is 44.5 Å². The minimum absolute atomic E-state index is 0.0187. The van der Waals surface area contributed by atoms with E-state index >= 15 is 0 Å². The minimum Gasteiger partial charge on any atom is -0.394 e. The number of anilines is 1. The number of nitrogens with zero attached hydrogens (tertiary/aromatic N) is 3. The minimum atomic E-state index is -0.158. The predicted octanol–water partition coefficient (Wildman–Crippen LogP) is 1.53. The number of aliphatic hydroxyl groups excluding tert-OH is 1. The molecule has 1 saturated heterocycles. The summed E-state index contributed by atoms with van der Waals surface area (Å²) in [5, 5.41) is 12.0. The van der Waals surface area contributed by atoms with Gasteiger partial charge in [-0.15, -0.1) is 0 Å². The van der Waals surface area contributed by atoms with Crippen LogP contribution in [-0.4, -0.2) is 79.9 Å². The molecule has 1 fully saturated rings. The van der Waals surface area contributed by atoms with Crippen molar-refractivity contribution in [2.45, 2.75) is 26.3 Å². The van der Waals surface area contributed by atoms with E-state index in [9.17, 15) is 4.79 Å². The first-order valence-electron chi connectivity index (χ1n) is 9.16. The first kappa shape index (κ1) is 19.5. The fourth-order valence-electron chi connectivity index (χ4n) is 3.00. The van der Waals surface area contributed by atoms with Crippen molar-refractivity contribution in [2.75, 3.05) is 57.8 Å². The highest BCUT2D eigenvalue weighted by Gasteiger charge is 2.17. The van der Waals surface area contributed by atoms with Crippen LogP contribution in [0.15, 0.2) is 24.3 Å². The number of carbonyl (C=O) groups excluding carboxylic acids is 1. The van der Waals surface area contributed by atoms with E-state index in [-0.39, 0.29) is 18.7 Å². The van der Waals surface area contributed by atoms with E-state index in [0.29, 0.717) is 6.54 Å². The second-order valence-electron chi connectivity index (χ2n) is 6.90. The number of piperazine rings is 1. The molecule has 0 aliphatic carbocycles. The van der Waals surface area contributed by atoms with E-state index in [1.807, 2.05) is 6.92 Å². The van der Waals surface area contributed by atoms with Crippen LogP contribution in [0.4, 0.5) is 10.5 Å². The molecule has 2 rings (SSSR count). The average Bonchev–Trinajstić information content (AvgIpc) is 2.64. The molecule has 0 bridgehead atoms. The zero-order valence-corrected chi connectivity index (χ0v) is 15.7. The molecule has 25 heavy (non-hydrogen) atoms. The Labute approximate surface area is 151 Å². The number of carbonyl (C=O) groups is 1. The Bertz CT molecular complexity index is 544. The Morgan fingerprint density at radius 2 is 2.04 bits per heavy atom. The molecule has 0 radical (unpaired) electrons. The van der Waals surface area contributed by atoms with E-state index in [1.165, 1.54) is 11.3 Å². The van der Waals surface area contributed by atoms with Gasteiger partial charge < -0.3 is 20.2 Å². The maximum Gasteiger partial charge on any atom is 0.317 e. The largest absolute Gasteiger partial charge is 0.394 e. The van der Waals surface area contributed by atoms with Gasteiger partial charge in [0.15, 0.2) is 0 Å². The maximum atomic E-state index is 11.9. The summed E-state index contributed by atoms with van der Waals surface area (Å²) >= 11 is 0. The van der Waals surface area contributed by atoms with Gasteiger partial charge in [-0.2, -0.15) is 0 Å². The van der Waals surface area contributed by atoms with Crippen molar-refractivity contribution in [1.29, 1.82) is 0 Å². The highest BCUT2D eigenvalue weighted by Crippen LogP contribution is 2.17. The molecule has 1 aromatic carbocycles. The van der Waals surface area contributed by atoms with Gasteiger partial charge in [-0.1, -0.05) is 12.1 Å². The molecule has 1 aliphatic heterocycles. The molecule has 1 heterocycles. The summed E-state index contributed by atoms with van der Waals surface area (Å²) in [4.78, 5) is 18.3. The summed E-state index contributed by atoms with van der Waals surface area (Å²) < 4.78 is 0. The first-order chi connectivity index (χ1) is 12.0. The molecule has 0 aromatic heterocycles. The number of urea groups is 1. The van der Waals surface area contributed by atoms with Crippen molar-refractivity contribution < 1.29 is 9.90 Å². The van der Waals surface area contributed by atoms with Crippen molar-refractivity contribution in [2.24, 2.45) is 0 Å². The standard InChI is InChI=1S/C19H32N4O2/c1-16-6-4-7-18(14-16)23-12-10-22(11-13-23)9-5-8-20-19(25)21(3)17(2)15-24/h4,6-7,14,17,24H,5,8-13,15H2,1-3H3,(H,20,25). The van der Waals surface area contributed by atoms with E-state index in [1.54, 1.807) is 11.9 Å². The second-order valence-corrected chi connectivity index (χ2v) is 6.90. The number of aliphatic hydroxyl groups is 1. The summed E-state index contributed by atoms with van der Waals surface area (Å²) in [5.41, 5.74) is 2.61.